The van der Waals surface area contributed by atoms with E-state index in [4.69, 9.17) is 16.3 Å². The van der Waals surface area contributed by atoms with E-state index in [-0.39, 0.29) is 0 Å². The minimum absolute atomic E-state index is 0.401. The number of nitrogens with zero attached hydrogens (tertiary/aromatic N) is 1. The molecule has 4 nitrogen and oxygen atoms in total. The highest BCUT2D eigenvalue weighted by Crippen LogP contribution is 2.14. The topological polar surface area (TPSA) is 51.2 Å². The SMILES string of the molecule is Cc1ccnc(Cl)c1C#CCCNC(=O)OC(C)(C)C. The van der Waals surface area contributed by atoms with E-state index in [1.165, 1.54) is 0 Å². The highest BCUT2D eigenvalue weighted by molar-refractivity contribution is 6.30. The Balaban J connectivity index is 2.43. The van der Waals surface area contributed by atoms with Crippen LogP contribution in [0.1, 0.15) is 38.3 Å². The number of alkyl carbamates (subject to hydrolysis) is 1. The van der Waals surface area contributed by atoms with Gasteiger partial charge in [0.05, 0.1) is 5.56 Å². The molecule has 1 aromatic heterocycles. The number of carbonyl (C=O) groups excluding carboxylic acids is 1. The third kappa shape index (κ3) is 5.94. The molecule has 1 heterocycles. The molecule has 0 radical (unpaired) electrons. The van der Waals surface area contributed by atoms with Gasteiger partial charge in [0, 0.05) is 19.2 Å². The second-order valence-electron chi connectivity index (χ2n) is 5.27. The Morgan fingerprint density at radius 1 is 1.50 bits per heavy atom. The van der Waals surface area contributed by atoms with Crippen molar-refractivity contribution in [3.63, 3.8) is 0 Å². The summed E-state index contributed by atoms with van der Waals surface area (Å²) in [6.07, 6.45) is 1.73. The standard InChI is InChI=1S/C15H19ClN2O2/c1-11-8-10-17-13(16)12(11)7-5-6-9-18-14(19)20-15(2,3)4/h8,10H,6,9H2,1-4H3,(H,18,19). The molecule has 0 atom stereocenters. The van der Waals surface area contributed by atoms with E-state index in [9.17, 15) is 4.79 Å². The van der Waals surface area contributed by atoms with Gasteiger partial charge in [0.1, 0.15) is 10.8 Å². The van der Waals surface area contributed by atoms with Crippen LogP contribution in [0.4, 0.5) is 4.79 Å². The predicted octanol–water partition coefficient (Wildman–Crippen LogP) is 3.31. The van der Waals surface area contributed by atoms with Crippen LogP contribution < -0.4 is 5.32 Å². The fraction of sp³-hybridized carbons (Fsp3) is 0.467. The van der Waals surface area contributed by atoms with Crippen LogP contribution in [0.5, 0.6) is 0 Å². The summed E-state index contributed by atoms with van der Waals surface area (Å²) in [4.78, 5) is 15.4. The van der Waals surface area contributed by atoms with Gasteiger partial charge in [-0.1, -0.05) is 23.4 Å². The van der Waals surface area contributed by atoms with Gasteiger partial charge in [-0.25, -0.2) is 9.78 Å². The third-order valence-electron chi connectivity index (χ3n) is 2.24. The normalized spacial score (nSPS) is 10.4. The van der Waals surface area contributed by atoms with Gasteiger partial charge >= 0.3 is 6.09 Å². The fourth-order valence-electron chi connectivity index (χ4n) is 1.37. The number of pyridine rings is 1. The van der Waals surface area contributed by atoms with Gasteiger partial charge in [-0.3, -0.25) is 0 Å². The monoisotopic (exact) mass is 294 g/mol. The van der Waals surface area contributed by atoms with Gasteiger partial charge in [-0.05, 0) is 39.3 Å². The number of hydrogen-bond donors (Lipinski definition) is 1. The minimum atomic E-state index is -0.490. The number of aromatic nitrogens is 1. The molecule has 0 fully saturated rings. The number of nitrogens with one attached hydrogen (secondary N) is 1. The highest BCUT2D eigenvalue weighted by Gasteiger charge is 2.15. The number of carbonyl (C=O) groups is 1. The number of rotatable bonds is 2. The van der Waals surface area contributed by atoms with Crippen LogP contribution in [0.2, 0.25) is 5.15 Å². The molecule has 1 N–H and O–H groups in total. The van der Waals surface area contributed by atoms with E-state index in [1.807, 2.05) is 33.8 Å². The van der Waals surface area contributed by atoms with Crippen LogP contribution in [0, 0.1) is 18.8 Å². The van der Waals surface area contributed by atoms with Crippen LogP contribution >= 0.6 is 11.6 Å². The maximum absolute atomic E-state index is 11.4. The number of amides is 1. The summed E-state index contributed by atoms with van der Waals surface area (Å²) in [5.41, 5.74) is 1.22. The maximum Gasteiger partial charge on any atom is 0.407 e. The minimum Gasteiger partial charge on any atom is -0.444 e. The zero-order chi connectivity index (χ0) is 15.2. The molecular formula is C15H19ClN2O2. The lowest BCUT2D eigenvalue weighted by molar-refractivity contribution is 0.0529. The number of halogens is 1. The summed E-state index contributed by atoms with van der Waals surface area (Å²) in [5, 5.41) is 3.04. The third-order valence-corrected chi connectivity index (χ3v) is 2.53. The summed E-state index contributed by atoms with van der Waals surface area (Å²) in [5.74, 6) is 5.92. The molecule has 0 aliphatic carbocycles. The highest BCUT2D eigenvalue weighted by atomic mass is 35.5. The molecule has 108 valence electrons. The smallest absolute Gasteiger partial charge is 0.407 e. The first-order chi connectivity index (χ1) is 9.29. The molecule has 0 unspecified atom stereocenters. The molecule has 0 bridgehead atoms. The van der Waals surface area contributed by atoms with Gasteiger partial charge in [0.25, 0.3) is 0 Å². The fourth-order valence-corrected chi connectivity index (χ4v) is 1.62. The molecular weight excluding hydrogens is 276 g/mol. The van der Waals surface area contributed by atoms with Gasteiger partial charge in [0.2, 0.25) is 0 Å². The predicted molar refractivity (Wildman–Crippen MR) is 79.7 cm³/mol. The second-order valence-corrected chi connectivity index (χ2v) is 5.63. The molecule has 0 aromatic carbocycles. The Labute approximate surface area is 124 Å². The van der Waals surface area contributed by atoms with Crippen molar-refractivity contribution < 1.29 is 9.53 Å². The van der Waals surface area contributed by atoms with Gasteiger partial charge in [-0.2, -0.15) is 0 Å². The van der Waals surface area contributed by atoms with Crippen molar-refractivity contribution in [3.05, 3.63) is 28.5 Å². The van der Waals surface area contributed by atoms with Gasteiger partial charge in [-0.15, -0.1) is 0 Å². The largest absolute Gasteiger partial charge is 0.444 e. The van der Waals surface area contributed by atoms with Gasteiger partial charge < -0.3 is 10.1 Å². The Morgan fingerprint density at radius 2 is 2.20 bits per heavy atom. The molecule has 1 amide bonds. The summed E-state index contributed by atoms with van der Waals surface area (Å²) < 4.78 is 5.11. The molecule has 0 saturated heterocycles. The molecule has 5 heteroatoms. The first-order valence-corrected chi connectivity index (χ1v) is 6.74. The van der Waals surface area contributed by atoms with Crippen molar-refractivity contribution in [1.29, 1.82) is 0 Å². The zero-order valence-electron chi connectivity index (χ0n) is 12.2. The first-order valence-electron chi connectivity index (χ1n) is 6.36. The molecule has 1 aromatic rings. The molecule has 0 saturated carbocycles. The average molecular weight is 295 g/mol. The second kappa shape index (κ2) is 7.16. The van der Waals surface area contributed by atoms with Crippen LogP contribution in [-0.4, -0.2) is 23.2 Å². The van der Waals surface area contributed by atoms with Crippen molar-refractivity contribution in [2.24, 2.45) is 0 Å². The van der Waals surface area contributed by atoms with Crippen molar-refractivity contribution in [3.8, 4) is 11.8 Å². The van der Waals surface area contributed by atoms with E-state index in [0.29, 0.717) is 18.1 Å². The van der Waals surface area contributed by atoms with Crippen molar-refractivity contribution >= 4 is 17.7 Å². The molecule has 0 aliphatic rings. The van der Waals surface area contributed by atoms with Crippen molar-refractivity contribution in [2.75, 3.05) is 6.54 Å². The summed E-state index contributed by atoms with van der Waals surface area (Å²) in [7, 11) is 0. The van der Waals surface area contributed by atoms with E-state index >= 15 is 0 Å². The summed E-state index contributed by atoms with van der Waals surface area (Å²) in [6, 6.07) is 1.86. The molecule has 20 heavy (non-hydrogen) atoms. The molecule has 0 spiro atoms. The quantitative estimate of drug-likeness (QED) is 0.517. The Kier molecular flexibility index (Phi) is 5.84. The Morgan fingerprint density at radius 3 is 2.80 bits per heavy atom. The number of aryl methyl sites for hydroxylation is 1. The lowest BCUT2D eigenvalue weighted by Gasteiger charge is -2.19. The van der Waals surface area contributed by atoms with E-state index in [1.54, 1.807) is 6.20 Å². The average Bonchev–Trinajstić information content (AvgIpc) is 2.29. The Hall–Kier alpha value is -1.73. The molecule has 0 aliphatic heterocycles. The maximum atomic E-state index is 11.4. The number of ether oxygens (including phenoxy) is 1. The molecule has 1 rings (SSSR count). The van der Waals surface area contributed by atoms with Gasteiger partial charge in [0.15, 0.2) is 0 Å². The van der Waals surface area contributed by atoms with Crippen molar-refractivity contribution in [1.82, 2.24) is 10.3 Å². The Bertz CT molecular complexity index is 519. The van der Waals surface area contributed by atoms with E-state index < -0.39 is 11.7 Å². The van der Waals surface area contributed by atoms with Crippen LogP contribution in [0.3, 0.4) is 0 Å². The van der Waals surface area contributed by atoms with Crippen LogP contribution in [0.25, 0.3) is 0 Å². The lowest BCUT2D eigenvalue weighted by Crippen LogP contribution is -2.32. The van der Waals surface area contributed by atoms with Crippen LogP contribution in [-0.2, 0) is 4.74 Å². The van der Waals surface area contributed by atoms with Crippen LogP contribution in [0.15, 0.2) is 12.3 Å². The lowest BCUT2D eigenvalue weighted by atomic mass is 10.1. The van der Waals surface area contributed by atoms with E-state index in [2.05, 4.69) is 22.1 Å². The summed E-state index contributed by atoms with van der Waals surface area (Å²) in [6.45, 7) is 7.81. The summed E-state index contributed by atoms with van der Waals surface area (Å²) >= 11 is 5.96. The first kappa shape index (κ1) is 16.3. The number of hydrogen-bond acceptors (Lipinski definition) is 3. The zero-order valence-corrected chi connectivity index (χ0v) is 13.0. The van der Waals surface area contributed by atoms with Crippen molar-refractivity contribution in [2.45, 2.75) is 39.7 Å². The van der Waals surface area contributed by atoms with E-state index in [0.717, 1.165) is 11.1 Å².